The number of thiazole rings is 1. The van der Waals surface area contributed by atoms with Crippen molar-refractivity contribution in [2.75, 3.05) is 0 Å². The van der Waals surface area contributed by atoms with Crippen molar-refractivity contribution in [1.82, 2.24) is 20.5 Å². The zero-order valence-electron chi connectivity index (χ0n) is 8.67. The second-order valence-electron chi connectivity index (χ2n) is 3.15. The Morgan fingerprint density at radius 2 is 2.44 bits per heavy atom. The minimum Gasteiger partial charge on any atom is -0.345 e. The average Bonchev–Trinajstić information content (AvgIpc) is 2.73. The van der Waals surface area contributed by atoms with Crippen molar-refractivity contribution in [3.63, 3.8) is 0 Å². The van der Waals surface area contributed by atoms with E-state index in [-0.39, 0.29) is 5.91 Å². The molecule has 82 valence electrons. The number of rotatable bonds is 3. The molecule has 0 aromatic carbocycles. The van der Waals surface area contributed by atoms with Gasteiger partial charge in [0.1, 0.15) is 0 Å². The molecule has 0 unspecified atom stereocenters. The van der Waals surface area contributed by atoms with Crippen LogP contribution in [0.4, 0.5) is 0 Å². The first-order chi connectivity index (χ1) is 7.75. The summed E-state index contributed by atoms with van der Waals surface area (Å²) in [5.74, 6) is -0.237. The largest absolute Gasteiger partial charge is 0.345 e. The van der Waals surface area contributed by atoms with E-state index in [9.17, 15) is 4.79 Å². The summed E-state index contributed by atoms with van der Waals surface area (Å²) < 4.78 is 0. The number of hydrogen-bond acceptors (Lipinski definition) is 5. The van der Waals surface area contributed by atoms with E-state index in [0.717, 1.165) is 10.7 Å². The van der Waals surface area contributed by atoms with Crippen molar-refractivity contribution in [1.29, 1.82) is 0 Å². The second-order valence-corrected chi connectivity index (χ2v) is 4.21. The second kappa shape index (κ2) is 4.80. The molecule has 0 saturated heterocycles. The van der Waals surface area contributed by atoms with E-state index in [1.807, 2.05) is 12.3 Å². The normalized spacial score (nSPS) is 10.1. The first-order valence-corrected chi connectivity index (χ1v) is 5.60. The number of carbonyl (C=O) groups is 1. The van der Waals surface area contributed by atoms with Gasteiger partial charge in [-0.2, -0.15) is 5.10 Å². The predicted molar refractivity (Wildman–Crippen MR) is 60.1 cm³/mol. The van der Waals surface area contributed by atoms with Crippen molar-refractivity contribution in [3.8, 4) is 0 Å². The molecule has 5 nitrogen and oxygen atoms in total. The first-order valence-electron chi connectivity index (χ1n) is 4.72. The van der Waals surface area contributed by atoms with Crippen LogP contribution in [0, 0.1) is 6.92 Å². The lowest BCUT2D eigenvalue weighted by Gasteiger charge is -2.00. The van der Waals surface area contributed by atoms with E-state index < -0.39 is 0 Å². The minimum atomic E-state index is -0.237. The number of aryl methyl sites for hydroxylation is 1. The van der Waals surface area contributed by atoms with Crippen LogP contribution in [-0.4, -0.2) is 21.1 Å². The Labute approximate surface area is 96.6 Å². The molecule has 0 atom stereocenters. The SMILES string of the molecule is Cc1nc(CNC(=O)c2cccnn2)cs1. The number of aromatic nitrogens is 3. The Balaban J connectivity index is 1.94. The maximum absolute atomic E-state index is 11.6. The van der Waals surface area contributed by atoms with Gasteiger partial charge in [-0.15, -0.1) is 16.4 Å². The van der Waals surface area contributed by atoms with Gasteiger partial charge in [0.25, 0.3) is 5.91 Å². The van der Waals surface area contributed by atoms with E-state index in [1.54, 1.807) is 23.5 Å². The Morgan fingerprint density at radius 1 is 1.56 bits per heavy atom. The van der Waals surface area contributed by atoms with Crippen LogP contribution in [-0.2, 0) is 6.54 Å². The third-order valence-corrected chi connectivity index (χ3v) is 2.72. The van der Waals surface area contributed by atoms with Gasteiger partial charge in [0.2, 0.25) is 0 Å². The molecule has 2 aromatic rings. The summed E-state index contributed by atoms with van der Waals surface area (Å²) in [6.07, 6.45) is 1.53. The summed E-state index contributed by atoms with van der Waals surface area (Å²) in [4.78, 5) is 15.8. The lowest BCUT2D eigenvalue weighted by Crippen LogP contribution is -2.24. The van der Waals surface area contributed by atoms with Gasteiger partial charge in [-0.1, -0.05) is 0 Å². The monoisotopic (exact) mass is 234 g/mol. The molecule has 2 rings (SSSR count). The quantitative estimate of drug-likeness (QED) is 0.865. The van der Waals surface area contributed by atoms with E-state index in [4.69, 9.17) is 0 Å². The topological polar surface area (TPSA) is 67.8 Å². The van der Waals surface area contributed by atoms with Crippen LogP contribution in [0.5, 0.6) is 0 Å². The Morgan fingerprint density at radius 3 is 3.06 bits per heavy atom. The summed E-state index contributed by atoms with van der Waals surface area (Å²) in [5.41, 5.74) is 1.18. The molecule has 0 aliphatic heterocycles. The van der Waals surface area contributed by atoms with Crippen molar-refractivity contribution >= 4 is 17.2 Å². The number of hydrogen-bond donors (Lipinski definition) is 1. The van der Waals surface area contributed by atoms with Gasteiger partial charge in [0.15, 0.2) is 5.69 Å². The van der Waals surface area contributed by atoms with Gasteiger partial charge in [0.05, 0.1) is 17.2 Å². The van der Waals surface area contributed by atoms with Crippen molar-refractivity contribution in [3.05, 3.63) is 40.1 Å². The zero-order chi connectivity index (χ0) is 11.4. The molecule has 0 aliphatic rings. The van der Waals surface area contributed by atoms with Crippen LogP contribution in [0.3, 0.4) is 0 Å². The lowest BCUT2D eigenvalue weighted by molar-refractivity contribution is 0.0944. The van der Waals surface area contributed by atoms with Crippen LogP contribution >= 0.6 is 11.3 Å². The van der Waals surface area contributed by atoms with Gasteiger partial charge in [-0.3, -0.25) is 4.79 Å². The van der Waals surface area contributed by atoms with Crippen molar-refractivity contribution in [2.24, 2.45) is 0 Å². The number of nitrogens with one attached hydrogen (secondary N) is 1. The molecule has 16 heavy (non-hydrogen) atoms. The highest BCUT2D eigenvalue weighted by molar-refractivity contribution is 7.09. The van der Waals surface area contributed by atoms with Crippen LogP contribution in [0.1, 0.15) is 21.2 Å². The summed E-state index contributed by atoms with van der Waals surface area (Å²) in [6.45, 7) is 2.35. The fourth-order valence-electron chi connectivity index (χ4n) is 1.17. The molecule has 6 heteroatoms. The Bertz CT molecular complexity index is 483. The smallest absolute Gasteiger partial charge is 0.272 e. The van der Waals surface area contributed by atoms with Crippen molar-refractivity contribution < 1.29 is 4.79 Å². The number of amides is 1. The molecule has 1 amide bonds. The Kier molecular flexibility index (Phi) is 3.21. The third-order valence-electron chi connectivity index (χ3n) is 1.90. The molecule has 1 N–H and O–H groups in total. The van der Waals surface area contributed by atoms with E-state index >= 15 is 0 Å². The molecule has 0 spiro atoms. The van der Waals surface area contributed by atoms with Crippen LogP contribution in [0.2, 0.25) is 0 Å². The first kappa shape index (κ1) is 10.7. The third kappa shape index (κ3) is 2.60. The Hall–Kier alpha value is -1.82. The van der Waals surface area contributed by atoms with Gasteiger partial charge in [-0.05, 0) is 19.1 Å². The molecule has 0 bridgehead atoms. The average molecular weight is 234 g/mol. The highest BCUT2D eigenvalue weighted by Gasteiger charge is 2.07. The highest BCUT2D eigenvalue weighted by Crippen LogP contribution is 2.07. The highest BCUT2D eigenvalue weighted by atomic mass is 32.1. The summed E-state index contributed by atoms with van der Waals surface area (Å²) in [5, 5.41) is 13.0. The standard InChI is InChI=1S/C10H10N4OS/c1-7-13-8(6-16-7)5-11-10(15)9-3-2-4-12-14-9/h2-4,6H,5H2,1H3,(H,11,15). The molecule has 0 saturated carbocycles. The zero-order valence-corrected chi connectivity index (χ0v) is 9.49. The molecular formula is C10H10N4OS. The lowest BCUT2D eigenvalue weighted by atomic mass is 10.3. The van der Waals surface area contributed by atoms with Crippen molar-refractivity contribution in [2.45, 2.75) is 13.5 Å². The maximum Gasteiger partial charge on any atom is 0.272 e. The van der Waals surface area contributed by atoms with Gasteiger partial charge in [0, 0.05) is 11.6 Å². The van der Waals surface area contributed by atoms with Crippen LogP contribution in [0.25, 0.3) is 0 Å². The van der Waals surface area contributed by atoms with E-state index in [0.29, 0.717) is 12.2 Å². The van der Waals surface area contributed by atoms with Crippen LogP contribution < -0.4 is 5.32 Å². The molecule has 0 aliphatic carbocycles. The molecule has 2 heterocycles. The van der Waals surface area contributed by atoms with Crippen LogP contribution in [0.15, 0.2) is 23.7 Å². The minimum absolute atomic E-state index is 0.237. The predicted octanol–water partition coefficient (Wildman–Crippen LogP) is 1.17. The van der Waals surface area contributed by atoms with E-state index in [1.165, 1.54) is 6.20 Å². The molecule has 0 radical (unpaired) electrons. The fourth-order valence-corrected chi connectivity index (χ4v) is 1.79. The fraction of sp³-hybridized carbons (Fsp3) is 0.200. The van der Waals surface area contributed by atoms with Gasteiger partial charge < -0.3 is 5.32 Å². The summed E-state index contributed by atoms with van der Waals surface area (Å²) in [6, 6.07) is 3.30. The summed E-state index contributed by atoms with van der Waals surface area (Å²) in [7, 11) is 0. The maximum atomic E-state index is 11.6. The number of carbonyl (C=O) groups excluding carboxylic acids is 1. The summed E-state index contributed by atoms with van der Waals surface area (Å²) >= 11 is 1.56. The molecular weight excluding hydrogens is 224 g/mol. The van der Waals surface area contributed by atoms with Gasteiger partial charge >= 0.3 is 0 Å². The molecule has 0 fully saturated rings. The molecule has 2 aromatic heterocycles. The van der Waals surface area contributed by atoms with Gasteiger partial charge in [-0.25, -0.2) is 4.98 Å². The number of nitrogens with zero attached hydrogens (tertiary/aromatic N) is 3. The van der Waals surface area contributed by atoms with E-state index in [2.05, 4.69) is 20.5 Å².